The zero-order valence-electron chi connectivity index (χ0n) is 11.4. The van der Waals surface area contributed by atoms with Gasteiger partial charge < -0.3 is 5.32 Å². The maximum atomic E-state index is 4.60. The van der Waals surface area contributed by atoms with Gasteiger partial charge in [-0.1, -0.05) is 38.1 Å². The van der Waals surface area contributed by atoms with Crippen molar-refractivity contribution in [2.24, 2.45) is 0 Å². The van der Waals surface area contributed by atoms with E-state index in [4.69, 9.17) is 0 Å². The molecule has 96 valence electrons. The first kappa shape index (κ1) is 13.1. The molecule has 1 heterocycles. The summed E-state index contributed by atoms with van der Waals surface area (Å²) in [5.41, 5.74) is 3.71. The highest BCUT2D eigenvalue weighted by molar-refractivity contribution is 7.15. The Morgan fingerprint density at radius 3 is 2.44 bits per heavy atom. The molecule has 0 saturated heterocycles. The van der Waals surface area contributed by atoms with Crippen LogP contribution in [0.1, 0.15) is 36.6 Å². The standard InChI is InChI=1S/C15H20N2S/c1-5-10(2)12-6-8-13(9-7-12)14-11(3)18-15(16-4)17-14/h6-10H,5H2,1-4H3,(H,16,17). The summed E-state index contributed by atoms with van der Waals surface area (Å²) < 4.78 is 0. The van der Waals surface area contributed by atoms with Crippen molar-refractivity contribution in [3.8, 4) is 11.3 Å². The lowest BCUT2D eigenvalue weighted by atomic mass is 9.97. The molecule has 1 unspecified atom stereocenters. The molecular formula is C15H20N2S. The molecule has 2 rings (SSSR count). The predicted molar refractivity (Wildman–Crippen MR) is 80.5 cm³/mol. The molecule has 0 spiro atoms. The summed E-state index contributed by atoms with van der Waals surface area (Å²) in [6, 6.07) is 8.81. The van der Waals surface area contributed by atoms with Crippen LogP contribution in [0.5, 0.6) is 0 Å². The number of rotatable bonds is 4. The van der Waals surface area contributed by atoms with Gasteiger partial charge in [0.1, 0.15) is 0 Å². The van der Waals surface area contributed by atoms with Crippen molar-refractivity contribution in [3.63, 3.8) is 0 Å². The fourth-order valence-corrected chi connectivity index (χ4v) is 2.77. The van der Waals surface area contributed by atoms with Crippen molar-refractivity contribution < 1.29 is 0 Å². The Hall–Kier alpha value is -1.35. The highest BCUT2D eigenvalue weighted by Crippen LogP contribution is 2.31. The Kier molecular flexibility index (Phi) is 4.02. The average molecular weight is 260 g/mol. The van der Waals surface area contributed by atoms with E-state index in [2.05, 4.69) is 55.3 Å². The molecule has 18 heavy (non-hydrogen) atoms. The van der Waals surface area contributed by atoms with E-state index in [-0.39, 0.29) is 0 Å². The molecular weight excluding hydrogens is 240 g/mol. The fourth-order valence-electron chi connectivity index (χ4n) is 1.98. The minimum absolute atomic E-state index is 0.628. The van der Waals surface area contributed by atoms with Crippen molar-refractivity contribution in [3.05, 3.63) is 34.7 Å². The number of nitrogens with one attached hydrogen (secondary N) is 1. The molecule has 0 saturated carbocycles. The number of aryl methyl sites for hydroxylation is 1. The van der Waals surface area contributed by atoms with Gasteiger partial charge >= 0.3 is 0 Å². The second-order valence-corrected chi connectivity index (χ2v) is 5.81. The van der Waals surface area contributed by atoms with E-state index in [1.54, 1.807) is 11.3 Å². The largest absolute Gasteiger partial charge is 0.365 e. The van der Waals surface area contributed by atoms with Crippen LogP contribution in [0.3, 0.4) is 0 Å². The van der Waals surface area contributed by atoms with Gasteiger partial charge in [0, 0.05) is 17.5 Å². The zero-order valence-corrected chi connectivity index (χ0v) is 12.3. The Morgan fingerprint density at radius 1 is 1.28 bits per heavy atom. The zero-order chi connectivity index (χ0) is 13.1. The third-order valence-electron chi connectivity index (χ3n) is 3.38. The van der Waals surface area contributed by atoms with E-state index in [0.717, 1.165) is 10.8 Å². The van der Waals surface area contributed by atoms with E-state index >= 15 is 0 Å². The first-order chi connectivity index (χ1) is 8.65. The fraction of sp³-hybridized carbons (Fsp3) is 0.400. The molecule has 0 radical (unpaired) electrons. The maximum Gasteiger partial charge on any atom is 0.183 e. The van der Waals surface area contributed by atoms with Gasteiger partial charge in [0.15, 0.2) is 5.13 Å². The van der Waals surface area contributed by atoms with Crippen LogP contribution in [0.4, 0.5) is 5.13 Å². The normalized spacial score (nSPS) is 12.4. The van der Waals surface area contributed by atoms with E-state index in [1.807, 2.05) is 7.05 Å². The van der Waals surface area contributed by atoms with Crippen LogP contribution in [-0.2, 0) is 0 Å². The molecule has 0 fully saturated rings. The number of hydrogen-bond acceptors (Lipinski definition) is 3. The smallest absolute Gasteiger partial charge is 0.183 e. The molecule has 1 atom stereocenters. The quantitative estimate of drug-likeness (QED) is 0.863. The summed E-state index contributed by atoms with van der Waals surface area (Å²) in [5.74, 6) is 0.628. The summed E-state index contributed by atoms with van der Waals surface area (Å²) in [6.45, 7) is 6.61. The van der Waals surface area contributed by atoms with E-state index < -0.39 is 0 Å². The SMILES string of the molecule is CCC(C)c1ccc(-c2nc(NC)sc2C)cc1. The number of hydrogen-bond donors (Lipinski definition) is 1. The molecule has 1 aromatic heterocycles. The van der Waals surface area contributed by atoms with Crippen LogP contribution in [0, 0.1) is 6.92 Å². The minimum Gasteiger partial charge on any atom is -0.365 e. The van der Waals surface area contributed by atoms with Crippen LogP contribution in [-0.4, -0.2) is 12.0 Å². The van der Waals surface area contributed by atoms with Crippen molar-refractivity contribution in [1.82, 2.24) is 4.98 Å². The topological polar surface area (TPSA) is 24.9 Å². The number of benzene rings is 1. The summed E-state index contributed by atoms with van der Waals surface area (Å²) in [7, 11) is 1.91. The monoisotopic (exact) mass is 260 g/mol. The average Bonchev–Trinajstić information content (AvgIpc) is 2.79. The predicted octanol–water partition coefficient (Wildman–Crippen LogP) is 4.67. The molecule has 0 aliphatic heterocycles. The van der Waals surface area contributed by atoms with Crippen LogP contribution in [0.2, 0.25) is 0 Å². The van der Waals surface area contributed by atoms with E-state index in [1.165, 1.54) is 22.4 Å². The second kappa shape index (κ2) is 5.53. The summed E-state index contributed by atoms with van der Waals surface area (Å²) in [6.07, 6.45) is 1.18. The third-order valence-corrected chi connectivity index (χ3v) is 4.36. The van der Waals surface area contributed by atoms with Gasteiger partial charge in [0.2, 0.25) is 0 Å². The lowest BCUT2D eigenvalue weighted by molar-refractivity contribution is 0.734. The van der Waals surface area contributed by atoms with Crippen LogP contribution < -0.4 is 5.32 Å². The van der Waals surface area contributed by atoms with Crippen LogP contribution in [0.25, 0.3) is 11.3 Å². The number of aromatic nitrogens is 1. The van der Waals surface area contributed by atoms with Gasteiger partial charge in [-0.05, 0) is 24.8 Å². The highest BCUT2D eigenvalue weighted by atomic mass is 32.1. The van der Waals surface area contributed by atoms with E-state index in [9.17, 15) is 0 Å². The summed E-state index contributed by atoms with van der Waals surface area (Å²) in [4.78, 5) is 5.86. The lowest BCUT2D eigenvalue weighted by Crippen LogP contribution is -1.91. The number of anilines is 1. The molecule has 2 nitrogen and oxygen atoms in total. The Bertz CT molecular complexity index is 514. The van der Waals surface area contributed by atoms with Gasteiger partial charge in [0.25, 0.3) is 0 Å². The lowest BCUT2D eigenvalue weighted by Gasteiger charge is -2.09. The Labute approximate surface area is 113 Å². The molecule has 1 aromatic carbocycles. The van der Waals surface area contributed by atoms with Crippen molar-refractivity contribution in [1.29, 1.82) is 0 Å². The first-order valence-electron chi connectivity index (χ1n) is 6.41. The first-order valence-corrected chi connectivity index (χ1v) is 7.22. The maximum absolute atomic E-state index is 4.60. The van der Waals surface area contributed by atoms with Gasteiger partial charge in [-0.15, -0.1) is 11.3 Å². The molecule has 0 amide bonds. The van der Waals surface area contributed by atoms with Crippen molar-refractivity contribution >= 4 is 16.5 Å². The minimum atomic E-state index is 0.628. The molecule has 0 aliphatic rings. The van der Waals surface area contributed by atoms with Gasteiger partial charge in [0.05, 0.1) is 5.69 Å². The number of nitrogens with zero attached hydrogens (tertiary/aromatic N) is 1. The molecule has 1 N–H and O–H groups in total. The van der Waals surface area contributed by atoms with E-state index in [0.29, 0.717) is 5.92 Å². The van der Waals surface area contributed by atoms with Crippen molar-refractivity contribution in [2.75, 3.05) is 12.4 Å². The van der Waals surface area contributed by atoms with Gasteiger partial charge in [-0.25, -0.2) is 4.98 Å². The second-order valence-electron chi connectivity index (χ2n) is 4.61. The van der Waals surface area contributed by atoms with Gasteiger partial charge in [-0.2, -0.15) is 0 Å². The summed E-state index contributed by atoms with van der Waals surface area (Å²) in [5, 5.41) is 4.08. The highest BCUT2D eigenvalue weighted by Gasteiger charge is 2.09. The van der Waals surface area contributed by atoms with Crippen LogP contribution in [0.15, 0.2) is 24.3 Å². The Morgan fingerprint density at radius 2 is 1.94 bits per heavy atom. The third kappa shape index (κ3) is 2.56. The van der Waals surface area contributed by atoms with Gasteiger partial charge in [-0.3, -0.25) is 0 Å². The van der Waals surface area contributed by atoms with Crippen LogP contribution >= 0.6 is 11.3 Å². The molecule has 0 aliphatic carbocycles. The number of thiazole rings is 1. The van der Waals surface area contributed by atoms with Crippen molar-refractivity contribution in [2.45, 2.75) is 33.1 Å². The molecule has 0 bridgehead atoms. The Balaban J connectivity index is 2.31. The summed E-state index contributed by atoms with van der Waals surface area (Å²) >= 11 is 1.70. The molecule has 2 aromatic rings. The molecule has 3 heteroatoms.